The molecule has 2 aliphatic rings. The van der Waals surface area contributed by atoms with Crippen LogP contribution in [0.4, 0.5) is 0 Å². The van der Waals surface area contributed by atoms with Gasteiger partial charge >= 0.3 is 11.9 Å². The third kappa shape index (κ3) is 5.18. The lowest BCUT2D eigenvalue weighted by atomic mass is 9.67. The number of allylic oxidation sites excluding steroid dienone is 3. The van der Waals surface area contributed by atoms with Crippen molar-refractivity contribution in [1.82, 2.24) is 5.32 Å². The molecule has 0 bridgehead atoms. The molecule has 0 fully saturated rings. The average Bonchev–Trinajstić information content (AvgIpc) is 2.88. The van der Waals surface area contributed by atoms with Crippen LogP contribution < -0.4 is 10.1 Å². The SMILES string of the molecule is CCOC(=O)C1=C(C)NC2=C(C(=O)[C@H](C(=O)OCC)[C@@H](c3ccc(OC)cc3)C2)[C@@H]1c1ccc(Cl)cc1Cl. The molecule has 2 aromatic rings. The van der Waals surface area contributed by atoms with Gasteiger partial charge in [0.2, 0.25) is 0 Å². The Labute approximate surface area is 231 Å². The number of rotatable bonds is 7. The average molecular weight is 558 g/mol. The second kappa shape index (κ2) is 11.6. The van der Waals surface area contributed by atoms with E-state index in [1.165, 1.54) is 0 Å². The number of Topliss-reactive ketones (excluding diaryl/α,β-unsaturated/α-hetero) is 1. The molecule has 0 amide bonds. The highest BCUT2D eigenvalue weighted by atomic mass is 35.5. The van der Waals surface area contributed by atoms with Crippen LogP contribution in [0.2, 0.25) is 10.0 Å². The second-order valence-corrected chi connectivity index (χ2v) is 9.90. The molecule has 0 spiro atoms. The number of methoxy groups -OCH3 is 1. The van der Waals surface area contributed by atoms with Crippen molar-refractivity contribution in [2.75, 3.05) is 20.3 Å². The van der Waals surface area contributed by atoms with Crippen LogP contribution in [-0.4, -0.2) is 38.0 Å². The van der Waals surface area contributed by atoms with Crippen molar-refractivity contribution in [1.29, 1.82) is 0 Å². The van der Waals surface area contributed by atoms with Crippen molar-refractivity contribution in [2.24, 2.45) is 5.92 Å². The molecule has 38 heavy (non-hydrogen) atoms. The summed E-state index contributed by atoms with van der Waals surface area (Å²) >= 11 is 12.8. The van der Waals surface area contributed by atoms with E-state index in [2.05, 4.69) is 5.32 Å². The van der Waals surface area contributed by atoms with Gasteiger partial charge in [-0.2, -0.15) is 0 Å². The van der Waals surface area contributed by atoms with Gasteiger partial charge in [-0.1, -0.05) is 41.4 Å². The number of nitrogens with one attached hydrogen (secondary N) is 1. The lowest BCUT2D eigenvalue weighted by Gasteiger charge is -2.39. The smallest absolute Gasteiger partial charge is 0.336 e. The zero-order valence-electron chi connectivity index (χ0n) is 21.6. The van der Waals surface area contributed by atoms with Crippen molar-refractivity contribution >= 4 is 40.9 Å². The van der Waals surface area contributed by atoms with Crippen LogP contribution >= 0.6 is 23.2 Å². The maximum atomic E-state index is 14.3. The highest BCUT2D eigenvalue weighted by molar-refractivity contribution is 6.35. The Bertz CT molecular complexity index is 1330. The van der Waals surface area contributed by atoms with Crippen molar-refractivity contribution in [3.8, 4) is 5.75 Å². The first-order valence-corrected chi connectivity index (χ1v) is 13.1. The van der Waals surface area contributed by atoms with Crippen LogP contribution in [0.15, 0.2) is 65.0 Å². The number of hydrogen-bond acceptors (Lipinski definition) is 7. The van der Waals surface area contributed by atoms with Crippen LogP contribution in [0.25, 0.3) is 0 Å². The minimum Gasteiger partial charge on any atom is -0.497 e. The molecule has 2 aromatic carbocycles. The van der Waals surface area contributed by atoms with E-state index < -0.39 is 35.5 Å². The largest absolute Gasteiger partial charge is 0.497 e. The van der Waals surface area contributed by atoms with Crippen LogP contribution in [0.5, 0.6) is 5.75 Å². The first-order valence-electron chi connectivity index (χ1n) is 12.4. The quantitative estimate of drug-likeness (QED) is 0.344. The van der Waals surface area contributed by atoms with Crippen LogP contribution in [0, 0.1) is 5.92 Å². The van der Waals surface area contributed by atoms with E-state index in [-0.39, 0.29) is 18.8 Å². The number of ether oxygens (including phenoxy) is 3. The summed E-state index contributed by atoms with van der Waals surface area (Å²) in [7, 11) is 1.57. The first kappa shape index (κ1) is 27.7. The maximum absolute atomic E-state index is 14.3. The van der Waals surface area contributed by atoms with Gasteiger partial charge in [0.25, 0.3) is 0 Å². The molecule has 0 saturated heterocycles. The van der Waals surface area contributed by atoms with E-state index in [9.17, 15) is 14.4 Å². The predicted molar refractivity (Wildman–Crippen MR) is 144 cm³/mol. The lowest BCUT2D eigenvalue weighted by Crippen LogP contribution is -2.43. The molecule has 1 N–H and O–H groups in total. The third-order valence-corrected chi connectivity index (χ3v) is 7.43. The molecule has 200 valence electrons. The second-order valence-electron chi connectivity index (χ2n) is 9.05. The minimum absolute atomic E-state index is 0.127. The van der Waals surface area contributed by atoms with Crippen LogP contribution in [0.3, 0.4) is 0 Å². The molecule has 7 nitrogen and oxygen atoms in total. The van der Waals surface area contributed by atoms with Crippen LogP contribution in [0.1, 0.15) is 50.2 Å². The van der Waals surface area contributed by atoms with E-state index >= 15 is 0 Å². The zero-order chi connectivity index (χ0) is 27.6. The molecule has 0 aromatic heterocycles. The third-order valence-electron chi connectivity index (χ3n) is 6.87. The summed E-state index contributed by atoms with van der Waals surface area (Å²) in [4.78, 5) is 40.8. The van der Waals surface area contributed by atoms with Gasteiger partial charge in [0.05, 0.1) is 25.9 Å². The fourth-order valence-electron chi connectivity index (χ4n) is 5.23. The van der Waals surface area contributed by atoms with Crippen molar-refractivity contribution < 1.29 is 28.6 Å². The molecule has 3 atom stereocenters. The highest BCUT2D eigenvalue weighted by Gasteiger charge is 2.49. The molecule has 0 unspecified atom stereocenters. The van der Waals surface area contributed by atoms with E-state index in [1.807, 2.05) is 12.1 Å². The number of benzene rings is 2. The standard InChI is InChI=1S/C29H29Cl2NO6/c1-5-37-28(34)23-15(3)32-22-14-20(16-7-10-18(36-4)11-8-16)25(29(35)38-6-2)27(33)26(22)24(23)19-12-9-17(30)13-21(19)31/h7-13,20,24-25,32H,5-6,14H2,1-4H3/t20-,24-,25-/m1/s1. The van der Waals surface area contributed by atoms with E-state index in [4.69, 9.17) is 37.4 Å². The Morgan fingerprint density at radius 3 is 2.32 bits per heavy atom. The van der Waals surface area contributed by atoms with Crippen molar-refractivity contribution in [3.63, 3.8) is 0 Å². The summed E-state index contributed by atoms with van der Waals surface area (Å²) in [5.74, 6) is -3.40. The van der Waals surface area contributed by atoms with E-state index in [0.29, 0.717) is 44.7 Å². The molecule has 4 rings (SSSR count). The normalized spacial score (nSPS) is 21.0. The van der Waals surface area contributed by atoms with E-state index in [0.717, 1.165) is 5.56 Å². The van der Waals surface area contributed by atoms with Crippen LogP contribution in [-0.2, 0) is 23.9 Å². The monoisotopic (exact) mass is 557 g/mol. The number of carbonyl (C=O) groups excluding carboxylic acids is 3. The minimum atomic E-state index is -1.11. The number of esters is 2. The molecular formula is C29H29Cl2NO6. The Morgan fingerprint density at radius 1 is 1.03 bits per heavy atom. The maximum Gasteiger partial charge on any atom is 0.336 e. The Morgan fingerprint density at radius 2 is 1.71 bits per heavy atom. The highest BCUT2D eigenvalue weighted by Crippen LogP contribution is 2.49. The molecule has 1 aliphatic carbocycles. The summed E-state index contributed by atoms with van der Waals surface area (Å²) < 4.78 is 16.0. The lowest BCUT2D eigenvalue weighted by molar-refractivity contribution is -0.152. The number of carbonyl (C=O) groups is 3. The number of halogens is 2. The molecule has 9 heteroatoms. The van der Waals surface area contributed by atoms with Gasteiger partial charge in [-0.25, -0.2) is 4.79 Å². The zero-order valence-corrected chi connectivity index (χ0v) is 23.1. The Kier molecular flexibility index (Phi) is 8.48. The summed E-state index contributed by atoms with van der Waals surface area (Å²) in [6, 6.07) is 12.2. The molecule has 0 saturated carbocycles. The van der Waals surface area contributed by atoms with E-state index in [1.54, 1.807) is 58.2 Å². The molecular weight excluding hydrogens is 529 g/mol. The van der Waals surface area contributed by atoms with Gasteiger partial charge in [-0.05, 0) is 62.6 Å². The van der Waals surface area contributed by atoms with Gasteiger partial charge in [-0.15, -0.1) is 0 Å². The summed E-state index contributed by atoms with van der Waals surface area (Å²) in [5, 5.41) is 3.99. The Balaban J connectivity index is 1.91. The van der Waals surface area contributed by atoms with Gasteiger partial charge in [0, 0.05) is 38.8 Å². The summed E-state index contributed by atoms with van der Waals surface area (Å²) in [5.41, 5.74) is 3.04. The molecule has 0 radical (unpaired) electrons. The Hall–Kier alpha value is -3.29. The summed E-state index contributed by atoms with van der Waals surface area (Å²) in [6.07, 6.45) is 0.339. The van der Waals surface area contributed by atoms with Gasteiger partial charge in [0.1, 0.15) is 11.7 Å². The summed E-state index contributed by atoms with van der Waals surface area (Å²) in [6.45, 7) is 5.45. The van der Waals surface area contributed by atoms with Gasteiger partial charge < -0.3 is 19.5 Å². The topological polar surface area (TPSA) is 90.9 Å². The first-order chi connectivity index (χ1) is 18.2. The predicted octanol–water partition coefficient (Wildman–Crippen LogP) is 5.72. The van der Waals surface area contributed by atoms with Crippen molar-refractivity contribution in [2.45, 2.75) is 39.0 Å². The van der Waals surface area contributed by atoms with Gasteiger partial charge in [0.15, 0.2) is 5.78 Å². The number of dihydropyridines is 1. The number of ketones is 1. The molecule has 1 heterocycles. The fourth-order valence-corrected chi connectivity index (χ4v) is 5.74. The molecule has 1 aliphatic heterocycles. The van der Waals surface area contributed by atoms with Crippen molar-refractivity contribution in [3.05, 3.63) is 86.2 Å². The number of hydrogen-bond donors (Lipinski definition) is 1. The van der Waals surface area contributed by atoms with Gasteiger partial charge in [-0.3, -0.25) is 9.59 Å². The fraction of sp³-hybridized carbons (Fsp3) is 0.345.